The molecule has 2 bridgehead atoms. The minimum absolute atomic E-state index is 0.0319. The molecule has 166 valence electrons. The first-order valence-electron chi connectivity index (χ1n) is 11.3. The van der Waals surface area contributed by atoms with Crippen molar-refractivity contribution in [2.24, 2.45) is 23.2 Å². The van der Waals surface area contributed by atoms with Gasteiger partial charge in [0, 0.05) is 0 Å². The third-order valence-corrected chi connectivity index (χ3v) is 7.11. The molecule has 6 atom stereocenters. The molecule has 5 rings (SSSR count). The van der Waals surface area contributed by atoms with Crippen LogP contribution >= 0.6 is 9.39 Å². The van der Waals surface area contributed by atoms with Crippen molar-refractivity contribution in [3.63, 3.8) is 0 Å². The molecule has 30 heavy (non-hydrogen) atoms. The number of hydrogen-bond acceptors (Lipinski definition) is 4. The van der Waals surface area contributed by atoms with E-state index < -0.39 is 0 Å². The van der Waals surface area contributed by atoms with Crippen LogP contribution in [0.25, 0.3) is 0 Å². The molecule has 3 aliphatic carbocycles. The molecule has 3 saturated carbocycles. The van der Waals surface area contributed by atoms with Gasteiger partial charge in [0.2, 0.25) is 5.91 Å². The Kier molecular flexibility index (Phi) is 8.00. The Morgan fingerprint density at radius 2 is 1.87 bits per heavy atom. The molecule has 5 nitrogen and oxygen atoms in total. The molecule has 1 amide bonds. The van der Waals surface area contributed by atoms with Crippen LogP contribution in [0.15, 0.2) is 30.3 Å². The molecule has 1 aromatic rings. The minimum atomic E-state index is -0.328. The van der Waals surface area contributed by atoms with Gasteiger partial charge in [0.1, 0.15) is 0 Å². The van der Waals surface area contributed by atoms with Gasteiger partial charge in [-0.3, -0.25) is 9.88 Å². The Bertz CT molecular complexity index is 700. The van der Waals surface area contributed by atoms with Crippen LogP contribution in [0.3, 0.4) is 0 Å². The molecule has 2 N–H and O–H groups in total. The normalized spacial score (nSPS) is 29.4. The van der Waals surface area contributed by atoms with E-state index in [1.54, 1.807) is 0 Å². The van der Waals surface area contributed by atoms with E-state index >= 15 is 0 Å². The van der Waals surface area contributed by atoms with Crippen LogP contribution in [-0.4, -0.2) is 37.7 Å². The van der Waals surface area contributed by atoms with Crippen molar-refractivity contribution in [3.8, 4) is 0 Å². The summed E-state index contributed by atoms with van der Waals surface area (Å²) in [4.78, 5) is 12.5. The molecule has 1 aliphatic heterocycles. The van der Waals surface area contributed by atoms with Crippen molar-refractivity contribution in [1.29, 1.82) is 0 Å². The van der Waals surface area contributed by atoms with Gasteiger partial charge >= 0.3 is 7.12 Å². The smallest absolute Gasteiger partial charge is 0.405 e. The van der Waals surface area contributed by atoms with Crippen LogP contribution in [0.1, 0.15) is 53.0 Å². The summed E-state index contributed by atoms with van der Waals surface area (Å²) in [5.74, 6) is 2.14. The lowest BCUT2D eigenvalue weighted by atomic mass is 9.47. The quantitative estimate of drug-likeness (QED) is 0.533. The number of hydrogen-bond donors (Lipinski definition) is 2. The van der Waals surface area contributed by atoms with E-state index in [2.05, 4.69) is 54.4 Å². The van der Waals surface area contributed by atoms with Crippen LogP contribution in [0, 0.1) is 23.2 Å². The molecule has 0 spiro atoms. The second kappa shape index (κ2) is 10.1. The lowest BCUT2D eigenvalue weighted by molar-refractivity contribution is -0.150. The predicted octanol–water partition coefficient (Wildman–Crippen LogP) is 3.63. The Labute approximate surface area is 184 Å². The van der Waals surface area contributed by atoms with Gasteiger partial charge in [-0.05, 0) is 48.0 Å². The topological polar surface area (TPSA) is 59.6 Å². The molecule has 7 heteroatoms. The third kappa shape index (κ3) is 5.45. The van der Waals surface area contributed by atoms with E-state index in [9.17, 15) is 4.79 Å². The summed E-state index contributed by atoms with van der Waals surface area (Å²) in [6.45, 7) is 11.2. The highest BCUT2D eigenvalue weighted by molar-refractivity contribution is 7.13. The van der Waals surface area contributed by atoms with Crippen molar-refractivity contribution >= 4 is 22.4 Å². The zero-order valence-corrected chi connectivity index (χ0v) is 20.2. The van der Waals surface area contributed by atoms with Gasteiger partial charge in [0.05, 0.1) is 24.7 Å². The van der Waals surface area contributed by atoms with Gasteiger partial charge in [0.25, 0.3) is 0 Å². The summed E-state index contributed by atoms with van der Waals surface area (Å²) in [6, 6.07) is 9.72. The first-order chi connectivity index (χ1) is 14.2. The second-order valence-corrected chi connectivity index (χ2v) is 10.5. The first-order valence-corrected chi connectivity index (χ1v) is 11.9. The molecular weight excluding hydrogens is 394 g/mol. The van der Waals surface area contributed by atoms with Gasteiger partial charge in [-0.15, -0.1) is 0 Å². The Balaban J connectivity index is 0.000000589. The maximum absolute atomic E-state index is 12.5. The second-order valence-electron chi connectivity index (χ2n) is 10.2. The fourth-order valence-corrected chi connectivity index (χ4v) is 5.15. The lowest BCUT2D eigenvalue weighted by Crippen LogP contribution is -2.59. The molecular formula is C23H38BN2O3P. The summed E-state index contributed by atoms with van der Waals surface area (Å²) in [5, 5.41) is 6.01. The fourth-order valence-electron chi connectivity index (χ4n) is 4.89. The van der Waals surface area contributed by atoms with Crippen molar-refractivity contribution < 1.29 is 14.1 Å². The van der Waals surface area contributed by atoms with E-state index in [4.69, 9.17) is 9.31 Å². The average Bonchev–Trinajstić information content (AvgIpc) is 3.13. The van der Waals surface area contributed by atoms with Crippen molar-refractivity contribution in [3.05, 3.63) is 35.9 Å². The van der Waals surface area contributed by atoms with Crippen LogP contribution < -0.4 is 10.4 Å². The Morgan fingerprint density at radius 3 is 2.47 bits per heavy atom. The third-order valence-electron chi connectivity index (χ3n) is 6.70. The predicted molar refractivity (Wildman–Crippen MR) is 126 cm³/mol. The highest BCUT2D eigenvalue weighted by atomic mass is 31.0. The van der Waals surface area contributed by atoms with Crippen LogP contribution in [0.5, 0.6) is 0 Å². The number of nitrogens with one attached hydrogen (secondary N) is 2. The number of rotatable bonds is 6. The largest absolute Gasteiger partial charge is 0.478 e. The van der Waals surface area contributed by atoms with Crippen molar-refractivity contribution in [2.75, 3.05) is 6.44 Å². The molecule has 0 radical (unpaired) electrons. The Hall–Kier alpha value is -0.935. The average molecular weight is 432 g/mol. The number of carbonyl (C=O) groups excluding carboxylic acids is 1. The molecule has 1 heterocycles. The molecule has 0 aromatic heterocycles. The van der Waals surface area contributed by atoms with Crippen LogP contribution in [0.4, 0.5) is 0 Å². The zero-order valence-electron chi connectivity index (χ0n) is 19.1. The maximum Gasteiger partial charge on any atom is 0.478 e. The summed E-state index contributed by atoms with van der Waals surface area (Å²) < 4.78 is 12.2. The van der Waals surface area contributed by atoms with Gasteiger partial charge in [0.15, 0.2) is 0 Å². The fraction of sp³-hybridized carbons (Fsp3) is 0.696. The van der Waals surface area contributed by atoms with Gasteiger partial charge in [-0.1, -0.05) is 74.3 Å². The zero-order chi connectivity index (χ0) is 21.9. The maximum atomic E-state index is 12.5. The molecule has 6 unspecified atom stereocenters. The van der Waals surface area contributed by atoms with Crippen molar-refractivity contribution in [1.82, 2.24) is 10.4 Å². The van der Waals surface area contributed by atoms with E-state index in [1.165, 1.54) is 6.42 Å². The lowest BCUT2D eigenvalue weighted by Gasteiger charge is -2.60. The van der Waals surface area contributed by atoms with E-state index in [0.29, 0.717) is 24.2 Å². The van der Waals surface area contributed by atoms with Crippen molar-refractivity contribution in [2.45, 2.75) is 72.1 Å². The number of amides is 1. The van der Waals surface area contributed by atoms with Gasteiger partial charge in [-0.25, -0.2) is 0 Å². The highest BCUT2D eigenvalue weighted by Crippen LogP contribution is 2.61. The summed E-state index contributed by atoms with van der Waals surface area (Å²) >= 11 is 0. The Morgan fingerprint density at radius 1 is 1.20 bits per heavy atom. The minimum Gasteiger partial charge on any atom is -0.405 e. The summed E-state index contributed by atoms with van der Waals surface area (Å²) in [6.07, 6.45) is 3.79. The summed E-state index contributed by atoms with van der Waals surface area (Å²) in [7, 11) is 2.12. The number of carbonyl (C=O) groups is 1. The van der Waals surface area contributed by atoms with E-state index in [-0.39, 0.29) is 31.3 Å². The molecule has 1 aromatic carbocycles. The summed E-state index contributed by atoms with van der Waals surface area (Å²) in [5.41, 5.74) is 1.50. The van der Waals surface area contributed by atoms with E-state index in [1.807, 2.05) is 30.3 Å². The first kappa shape index (κ1) is 23.7. The monoisotopic (exact) mass is 432 g/mol. The standard InChI is InChI=1S/C19H28BN2O3P.C4H10/c1-19(2)13-9-14(19)17-16(10-13)24-20(25-17)11-21-18(23)15(22-26)8-12-6-4-3-5-7-12;1-4(2)3/h3-7,13-17,22H,8-11,26H2,1-2H3,(H,21,23);4H,1-3H3. The van der Waals surface area contributed by atoms with Gasteiger partial charge < -0.3 is 14.6 Å². The van der Waals surface area contributed by atoms with E-state index in [0.717, 1.165) is 23.8 Å². The molecule has 4 fully saturated rings. The SMILES string of the molecule is CC(C)C.CC1(C)C2CC3OB(CNC(=O)C(Cc4ccccc4)NP)OC3C1C2. The van der Waals surface area contributed by atoms with Crippen LogP contribution in [0.2, 0.25) is 0 Å². The van der Waals surface area contributed by atoms with Crippen LogP contribution in [-0.2, 0) is 20.5 Å². The highest BCUT2D eigenvalue weighted by Gasteiger charge is 2.61. The molecule has 4 aliphatic rings. The van der Waals surface area contributed by atoms with Gasteiger partial charge in [-0.2, -0.15) is 0 Å². The number of benzene rings is 1. The molecule has 1 saturated heterocycles.